The van der Waals surface area contributed by atoms with Gasteiger partial charge in [0.05, 0.1) is 30.2 Å². The maximum Gasteiger partial charge on any atom is 0.192 e. The van der Waals surface area contributed by atoms with Gasteiger partial charge in [0.1, 0.15) is 5.76 Å². The standard InChI is InChI=1S/C20H20ClN3O3S/c1-13-17(8-10-26-13)19-22-23-20(24(19)11-16-3-2-9-27-16)28-12-18(25)14-4-6-15(21)7-5-14/h4-8,10,16H,2-3,9,11-12H2,1H3/t16-/m1/s1. The molecule has 8 heteroatoms. The largest absolute Gasteiger partial charge is 0.469 e. The van der Waals surface area contributed by atoms with Gasteiger partial charge < -0.3 is 9.15 Å². The van der Waals surface area contributed by atoms with Crippen molar-refractivity contribution in [2.75, 3.05) is 12.4 Å². The number of aromatic nitrogens is 3. The van der Waals surface area contributed by atoms with Crippen molar-refractivity contribution >= 4 is 29.1 Å². The molecular weight excluding hydrogens is 398 g/mol. The van der Waals surface area contributed by atoms with Crippen LogP contribution in [-0.2, 0) is 11.3 Å². The molecule has 1 atom stereocenters. The summed E-state index contributed by atoms with van der Waals surface area (Å²) in [5.41, 5.74) is 1.54. The van der Waals surface area contributed by atoms with Crippen LogP contribution < -0.4 is 0 Å². The van der Waals surface area contributed by atoms with Gasteiger partial charge in [-0.3, -0.25) is 9.36 Å². The van der Waals surface area contributed by atoms with E-state index in [0.29, 0.717) is 22.3 Å². The third-order valence-corrected chi connectivity index (χ3v) is 5.94. The van der Waals surface area contributed by atoms with Crippen molar-refractivity contribution in [3.8, 4) is 11.4 Å². The molecule has 3 aromatic rings. The molecule has 1 saturated heterocycles. The predicted octanol–water partition coefficient (Wildman–Crippen LogP) is 4.65. The van der Waals surface area contributed by atoms with Crippen LogP contribution in [0, 0.1) is 6.92 Å². The first-order valence-electron chi connectivity index (χ1n) is 9.12. The third kappa shape index (κ3) is 4.16. The Balaban J connectivity index is 1.55. The van der Waals surface area contributed by atoms with Crippen LogP contribution in [0.3, 0.4) is 0 Å². The zero-order valence-electron chi connectivity index (χ0n) is 15.4. The summed E-state index contributed by atoms with van der Waals surface area (Å²) >= 11 is 7.28. The number of rotatable bonds is 7. The van der Waals surface area contributed by atoms with Gasteiger partial charge in [0.15, 0.2) is 16.8 Å². The number of Topliss-reactive ketones (excluding diaryl/α,β-unsaturated/α-hetero) is 1. The molecule has 0 radical (unpaired) electrons. The molecule has 1 aliphatic heterocycles. The van der Waals surface area contributed by atoms with Crippen LogP contribution >= 0.6 is 23.4 Å². The lowest BCUT2D eigenvalue weighted by Crippen LogP contribution is -2.17. The van der Waals surface area contributed by atoms with Gasteiger partial charge in [0, 0.05) is 17.2 Å². The van der Waals surface area contributed by atoms with E-state index in [2.05, 4.69) is 10.2 Å². The van der Waals surface area contributed by atoms with Crippen molar-refractivity contribution in [1.29, 1.82) is 0 Å². The van der Waals surface area contributed by atoms with Gasteiger partial charge in [-0.1, -0.05) is 23.4 Å². The van der Waals surface area contributed by atoms with Crippen molar-refractivity contribution in [2.24, 2.45) is 0 Å². The Kier molecular flexibility index (Phi) is 5.85. The van der Waals surface area contributed by atoms with E-state index in [0.717, 1.165) is 36.6 Å². The fourth-order valence-electron chi connectivity index (χ4n) is 3.22. The Morgan fingerprint density at radius 3 is 2.79 bits per heavy atom. The molecule has 1 aromatic carbocycles. The first-order valence-corrected chi connectivity index (χ1v) is 10.5. The first kappa shape index (κ1) is 19.2. The molecule has 0 unspecified atom stereocenters. The van der Waals surface area contributed by atoms with Crippen molar-refractivity contribution < 1.29 is 13.9 Å². The fraction of sp³-hybridized carbons (Fsp3) is 0.350. The van der Waals surface area contributed by atoms with Crippen LogP contribution in [-0.4, -0.2) is 39.0 Å². The molecule has 0 N–H and O–H groups in total. The average Bonchev–Trinajstić information content (AvgIpc) is 3.43. The molecule has 1 fully saturated rings. The average molecular weight is 418 g/mol. The molecule has 0 spiro atoms. The highest BCUT2D eigenvalue weighted by Crippen LogP contribution is 2.29. The smallest absolute Gasteiger partial charge is 0.192 e. The molecule has 0 aliphatic carbocycles. The number of hydrogen-bond donors (Lipinski definition) is 0. The van der Waals surface area contributed by atoms with Gasteiger partial charge in [-0.15, -0.1) is 10.2 Å². The number of halogens is 1. The molecule has 4 rings (SSSR count). The summed E-state index contributed by atoms with van der Waals surface area (Å²) in [6.07, 6.45) is 3.85. The summed E-state index contributed by atoms with van der Waals surface area (Å²) in [4.78, 5) is 12.5. The fourth-order valence-corrected chi connectivity index (χ4v) is 4.19. The van der Waals surface area contributed by atoms with Crippen LogP contribution in [0.1, 0.15) is 29.0 Å². The predicted molar refractivity (Wildman–Crippen MR) is 108 cm³/mol. The highest BCUT2D eigenvalue weighted by atomic mass is 35.5. The Morgan fingerprint density at radius 2 is 2.11 bits per heavy atom. The van der Waals surface area contributed by atoms with E-state index in [-0.39, 0.29) is 17.6 Å². The lowest BCUT2D eigenvalue weighted by Gasteiger charge is -2.14. The molecule has 0 amide bonds. The quantitative estimate of drug-likeness (QED) is 0.411. The number of hydrogen-bond acceptors (Lipinski definition) is 6. The second-order valence-corrected chi connectivity index (χ2v) is 8.04. The summed E-state index contributed by atoms with van der Waals surface area (Å²) in [5, 5.41) is 10.0. The highest BCUT2D eigenvalue weighted by Gasteiger charge is 2.23. The lowest BCUT2D eigenvalue weighted by molar-refractivity contribution is 0.0953. The number of furan rings is 1. The maximum absolute atomic E-state index is 12.5. The molecule has 28 heavy (non-hydrogen) atoms. The van der Waals surface area contributed by atoms with Crippen LogP contribution in [0.2, 0.25) is 5.02 Å². The van der Waals surface area contributed by atoms with Crippen molar-refractivity contribution in [2.45, 2.75) is 37.6 Å². The molecule has 6 nitrogen and oxygen atoms in total. The topological polar surface area (TPSA) is 70.2 Å². The molecule has 3 heterocycles. The van der Waals surface area contributed by atoms with Crippen LogP contribution in [0.25, 0.3) is 11.4 Å². The molecule has 0 bridgehead atoms. The molecule has 0 saturated carbocycles. The monoisotopic (exact) mass is 417 g/mol. The Bertz CT molecular complexity index is 961. The number of ether oxygens (including phenoxy) is 1. The summed E-state index contributed by atoms with van der Waals surface area (Å²) in [6, 6.07) is 8.81. The highest BCUT2D eigenvalue weighted by molar-refractivity contribution is 7.99. The third-order valence-electron chi connectivity index (χ3n) is 4.73. The number of benzene rings is 1. The number of carbonyl (C=O) groups excluding carboxylic acids is 1. The first-order chi connectivity index (χ1) is 13.6. The van der Waals surface area contributed by atoms with E-state index < -0.39 is 0 Å². The van der Waals surface area contributed by atoms with E-state index in [9.17, 15) is 4.79 Å². The van der Waals surface area contributed by atoms with Gasteiger partial charge in [-0.25, -0.2) is 0 Å². The second-order valence-electron chi connectivity index (χ2n) is 6.66. The molecule has 1 aliphatic rings. The van der Waals surface area contributed by atoms with Crippen LogP contribution in [0.5, 0.6) is 0 Å². The van der Waals surface area contributed by atoms with Gasteiger partial charge in [0.2, 0.25) is 0 Å². The van der Waals surface area contributed by atoms with Crippen molar-refractivity contribution in [3.63, 3.8) is 0 Å². The SMILES string of the molecule is Cc1occc1-c1nnc(SCC(=O)c2ccc(Cl)cc2)n1C[C@H]1CCCO1. The zero-order chi connectivity index (χ0) is 19.5. The normalized spacial score (nSPS) is 16.6. The summed E-state index contributed by atoms with van der Waals surface area (Å²) in [6.45, 7) is 3.34. The summed E-state index contributed by atoms with van der Waals surface area (Å²) in [7, 11) is 0. The van der Waals surface area contributed by atoms with Gasteiger partial charge in [0.25, 0.3) is 0 Å². The minimum absolute atomic E-state index is 0.0226. The number of ketones is 1. The number of thioether (sulfide) groups is 1. The Labute approximate surface area is 172 Å². The minimum Gasteiger partial charge on any atom is -0.469 e. The van der Waals surface area contributed by atoms with Crippen molar-refractivity contribution in [3.05, 3.63) is 52.9 Å². The molecule has 146 valence electrons. The van der Waals surface area contributed by atoms with E-state index >= 15 is 0 Å². The Hall–Kier alpha value is -2.09. The minimum atomic E-state index is 0.0226. The summed E-state index contributed by atoms with van der Waals surface area (Å²) < 4.78 is 13.3. The molecular formula is C20H20ClN3O3S. The van der Waals surface area contributed by atoms with Crippen LogP contribution in [0.4, 0.5) is 0 Å². The van der Waals surface area contributed by atoms with E-state index in [1.165, 1.54) is 11.8 Å². The Morgan fingerprint density at radius 1 is 1.29 bits per heavy atom. The second kappa shape index (κ2) is 8.51. The van der Waals surface area contributed by atoms with Gasteiger partial charge in [-0.05, 0) is 50.1 Å². The van der Waals surface area contributed by atoms with Gasteiger partial charge in [-0.2, -0.15) is 0 Å². The van der Waals surface area contributed by atoms with E-state index in [1.54, 1.807) is 30.5 Å². The van der Waals surface area contributed by atoms with E-state index in [4.69, 9.17) is 20.8 Å². The van der Waals surface area contributed by atoms with Crippen LogP contribution in [0.15, 0.2) is 46.2 Å². The number of nitrogens with zero attached hydrogens (tertiary/aromatic N) is 3. The van der Waals surface area contributed by atoms with Gasteiger partial charge >= 0.3 is 0 Å². The van der Waals surface area contributed by atoms with E-state index in [1.807, 2.05) is 17.6 Å². The zero-order valence-corrected chi connectivity index (χ0v) is 17.0. The molecule has 2 aromatic heterocycles. The number of carbonyl (C=O) groups is 1. The summed E-state index contributed by atoms with van der Waals surface area (Å²) in [5.74, 6) is 1.82. The lowest BCUT2D eigenvalue weighted by atomic mass is 10.1. The van der Waals surface area contributed by atoms with Crippen molar-refractivity contribution in [1.82, 2.24) is 14.8 Å². The number of aryl methyl sites for hydroxylation is 1. The maximum atomic E-state index is 12.5.